The highest BCUT2D eigenvalue weighted by molar-refractivity contribution is 7.87. The molecule has 0 radical (unpaired) electrons. The second-order valence-electron chi connectivity index (χ2n) is 10.5. The van der Waals surface area contributed by atoms with Crippen LogP contribution in [0.5, 0.6) is 11.5 Å². The summed E-state index contributed by atoms with van der Waals surface area (Å²) >= 11 is 0. The third kappa shape index (κ3) is 7.30. The summed E-state index contributed by atoms with van der Waals surface area (Å²) in [7, 11) is -2.90. The summed E-state index contributed by atoms with van der Waals surface area (Å²) in [5.74, 6) is 0.489. The minimum atomic E-state index is -4.29. The van der Waals surface area contributed by atoms with E-state index >= 15 is 0 Å². The Morgan fingerprint density at radius 2 is 1.57 bits per heavy atom. The Morgan fingerprint density at radius 3 is 2.14 bits per heavy atom. The maximum atomic E-state index is 13.8. The van der Waals surface area contributed by atoms with Crippen molar-refractivity contribution in [3.05, 3.63) is 107 Å². The van der Waals surface area contributed by atoms with Gasteiger partial charge in [0.05, 0.1) is 19.9 Å². The molecular formula is C32H35FN2O6S. The molecule has 1 aromatic heterocycles. The standard InChI is InChI=1S/C32H35FN2O6S/c1-21(2)27-9-6-10-28(22(3)4)31(27)34-32(36)35(20-25-8-7-17-40-25)19-23-11-16-29(39-5)30(18-23)41-42(37,38)26-14-12-24(33)13-15-26/h6-18,21-22H,19-20H2,1-5H3,(H,34,36). The molecule has 0 atom stereocenters. The normalized spacial score (nSPS) is 11.5. The molecule has 1 heterocycles. The number of ether oxygens (including phenoxy) is 1. The third-order valence-electron chi connectivity index (χ3n) is 6.72. The zero-order valence-electron chi connectivity index (χ0n) is 24.3. The molecule has 222 valence electrons. The van der Waals surface area contributed by atoms with Crippen molar-refractivity contribution in [3.8, 4) is 11.5 Å². The second-order valence-corrected chi connectivity index (χ2v) is 12.0. The highest BCUT2D eigenvalue weighted by Gasteiger charge is 2.23. The molecule has 0 aliphatic carbocycles. The Kier molecular flexibility index (Phi) is 9.57. The number of anilines is 1. The van der Waals surface area contributed by atoms with Gasteiger partial charge in [-0.2, -0.15) is 8.42 Å². The molecule has 0 fully saturated rings. The fourth-order valence-electron chi connectivity index (χ4n) is 4.54. The first-order chi connectivity index (χ1) is 20.0. The molecule has 10 heteroatoms. The number of carbonyl (C=O) groups is 1. The number of amides is 2. The van der Waals surface area contributed by atoms with Crippen LogP contribution in [0.2, 0.25) is 0 Å². The Bertz CT molecular complexity index is 1590. The van der Waals surface area contributed by atoms with Crippen LogP contribution in [0.15, 0.2) is 88.4 Å². The highest BCUT2D eigenvalue weighted by Crippen LogP contribution is 2.34. The predicted molar refractivity (Wildman–Crippen MR) is 159 cm³/mol. The van der Waals surface area contributed by atoms with Gasteiger partial charge in [-0.25, -0.2) is 9.18 Å². The summed E-state index contributed by atoms with van der Waals surface area (Å²) in [5.41, 5.74) is 3.42. The Balaban J connectivity index is 1.66. The SMILES string of the molecule is COc1ccc(CN(Cc2ccco2)C(=O)Nc2c(C(C)C)cccc2C(C)C)cc1OS(=O)(=O)c1ccc(F)cc1. The van der Waals surface area contributed by atoms with E-state index in [0.717, 1.165) is 41.1 Å². The molecule has 4 aromatic rings. The summed E-state index contributed by atoms with van der Waals surface area (Å²) in [6.45, 7) is 8.58. The van der Waals surface area contributed by atoms with Gasteiger partial charge in [0.1, 0.15) is 16.5 Å². The van der Waals surface area contributed by atoms with Gasteiger partial charge in [0, 0.05) is 12.2 Å². The fourth-order valence-corrected chi connectivity index (χ4v) is 5.48. The average molecular weight is 595 g/mol. The summed E-state index contributed by atoms with van der Waals surface area (Å²) < 4.78 is 55.5. The van der Waals surface area contributed by atoms with Crippen LogP contribution in [-0.2, 0) is 23.2 Å². The Labute approximate surface area is 246 Å². The maximum Gasteiger partial charge on any atom is 0.339 e. The average Bonchev–Trinajstić information content (AvgIpc) is 3.46. The molecule has 0 aliphatic rings. The van der Waals surface area contributed by atoms with Crippen molar-refractivity contribution >= 4 is 21.8 Å². The van der Waals surface area contributed by atoms with Gasteiger partial charge in [-0.05, 0) is 77.1 Å². The van der Waals surface area contributed by atoms with Crippen molar-refractivity contribution in [2.75, 3.05) is 12.4 Å². The lowest BCUT2D eigenvalue weighted by molar-refractivity contribution is 0.201. The summed E-state index contributed by atoms with van der Waals surface area (Å²) in [6, 6.07) is 18.3. The number of nitrogens with one attached hydrogen (secondary N) is 1. The smallest absolute Gasteiger partial charge is 0.339 e. The summed E-state index contributed by atoms with van der Waals surface area (Å²) in [4.78, 5) is 15.2. The zero-order valence-corrected chi connectivity index (χ0v) is 25.1. The van der Waals surface area contributed by atoms with Crippen LogP contribution in [0, 0.1) is 5.82 Å². The molecule has 0 spiro atoms. The third-order valence-corrected chi connectivity index (χ3v) is 7.97. The Hall–Kier alpha value is -4.31. The molecule has 3 aromatic carbocycles. The number of halogens is 1. The van der Waals surface area contributed by atoms with Crippen LogP contribution < -0.4 is 14.2 Å². The molecular weight excluding hydrogens is 559 g/mol. The van der Waals surface area contributed by atoms with E-state index < -0.39 is 15.9 Å². The van der Waals surface area contributed by atoms with Crippen molar-refractivity contribution in [1.82, 2.24) is 4.90 Å². The van der Waals surface area contributed by atoms with Gasteiger partial charge in [0.15, 0.2) is 11.5 Å². The monoisotopic (exact) mass is 594 g/mol. The minimum Gasteiger partial charge on any atom is -0.493 e. The number of nitrogens with zero attached hydrogens (tertiary/aromatic N) is 1. The van der Waals surface area contributed by atoms with Gasteiger partial charge in [-0.3, -0.25) is 0 Å². The van der Waals surface area contributed by atoms with Crippen molar-refractivity contribution in [1.29, 1.82) is 0 Å². The minimum absolute atomic E-state index is 0.0649. The van der Waals surface area contributed by atoms with Gasteiger partial charge in [-0.1, -0.05) is 52.0 Å². The molecule has 42 heavy (non-hydrogen) atoms. The predicted octanol–water partition coefficient (Wildman–Crippen LogP) is 7.68. The van der Waals surface area contributed by atoms with E-state index in [1.165, 1.54) is 19.4 Å². The van der Waals surface area contributed by atoms with Crippen molar-refractivity contribution in [2.24, 2.45) is 0 Å². The van der Waals surface area contributed by atoms with Gasteiger partial charge in [0.2, 0.25) is 0 Å². The summed E-state index contributed by atoms with van der Waals surface area (Å²) in [6.07, 6.45) is 1.54. The van der Waals surface area contributed by atoms with Crippen LogP contribution in [0.3, 0.4) is 0 Å². The van der Waals surface area contributed by atoms with Crippen molar-refractivity contribution < 1.29 is 30.9 Å². The molecule has 0 bridgehead atoms. The number of benzene rings is 3. The number of carbonyl (C=O) groups excluding carboxylic acids is 1. The summed E-state index contributed by atoms with van der Waals surface area (Å²) in [5, 5.41) is 3.14. The van der Waals surface area contributed by atoms with E-state index in [-0.39, 0.29) is 47.4 Å². The van der Waals surface area contributed by atoms with Crippen LogP contribution >= 0.6 is 0 Å². The van der Waals surface area contributed by atoms with Crippen LogP contribution in [0.4, 0.5) is 14.9 Å². The number of rotatable bonds is 11. The molecule has 2 amide bonds. The van der Waals surface area contributed by atoms with E-state index in [0.29, 0.717) is 11.3 Å². The van der Waals surface area contributed by atoms with Gasteiger partial charge >= 0.3 is 16.1 Å². The lowest BCUT2D eigenvalue weighted by Gasteiger charge is -2.26. The van der Waals surface area contributed by atoms with Crippen LogP contribution in [0.1, 0.15) is 62.0 Å². The van der Waals surface area contributed by atoms with Crippen molar-refractivity contribution in [2.45, 2.75) is 57.5 Å². The number of para-hydroxylation sites is 1. The first-order valence-electron chi connectivity index (χ1n) is 13.6. The van der Waals surface area contributed by atoms with Gasteiger partial charge in [-0.15, -0.1) is 0 Å². The van der Waals surface area contributed by atoms with E-state index in [9.17, 15) is 17.6 Å². The number of methoxy groups -OCH3 is 1. The maximum absolute atomic E-state index is 13.8. The quantitative estimate of drug-likeness (QED) is 0.179. The lowest BCUT2D eigenvalue weighted by atomic mass is 9.93. The number of hydrogen-bond donors (Lipinski definition) is 1. The van der Waals surface area contributed by atoms with E-state index in [4.69, 9.17) is 13.3 Å². The molecule has 4 rings (SSSR count). The highest BCUT2D eigenvalue weighted by atomic mass is 32.2. The molecule has 0 saturated carbocycles. The molecule has 0 aliphatic heterocycles. The topological polar surface area (TPSA) is 98.1 Å². The Morgan fingerprint density at radius 1 is 0.905 bits per heavy atom. The largest absolute Gasteiger partial charge is 0.493 e. The number of furan rings is 1. The van der Waals surface area contributed by atoms with Crippen molar-refractivity contribution in [3.63, 3.8) is 0 Å². The van der Waals surface area contributed by atoms with E-state index in [1.807, 2.05) is 18.2 Å². The second kappa shape index (κ2) is 13.1. The van der Waals surface area contributed by atoms with E-state index in [1.54, 1.807) is 29.2 Å². The zero-order chi connectivity index (χ0) is 30.4. The van der Waals surface area contributed by atoms with Crippen LogP contribution in [0.25, 0.3) is 0 Å². The fraction of sp³-hybridized carbons (Fsp3) is 0.281. The molecule has 8 nitrogen and oxygen atoms in total. The molecule has 0 saturated heterocycles. The number of hydrogen-bond acceptors (Lipinski definition) is 6. The first-order valence-corrected chi connectivity index (χ1v) is 15.0. The van der Waals surface area contributed by atoms with Crippen LogP contribution in [-0.4, -0.2) is 26.5 Å². The first kappa shape index (κ1) is 30.6. The van der Waals surface area contributed by atoms with Gasteiger partial charge < -0.3 is 23.6 Å². The molecule has 0 unspecified atom stereocenters. The van der Waals surface area contributed by atoms with Gasteiger partial charge in [0.25, 0.3) is 0 Å². The number of urea groups is 1. The van der Waals surface area contributed by atoms with E-state index in [2.05, 4.69) is 33.0 Å². The lowest BCUT2D eigenvalue weighted by Crippen LogP contribution is -2.34. The molecule has 1 N–H and O–H groups in total.